The number of hydrogen-bond acceptors (Lipinski definition) is 7. The van der Waals surface area contributed by atoms with Crippen LogP contribution in [0.15, 0.2) is 35.3 Å². The van der Waals surface area contributed by atoms with Gasteiger partial charge in [0.25, 0.3) is 5.56 Å². The van der Waals surface area contributed by atoms with E-state index in [1.54, 1.807) is 16.8 Å². The molecule has 0 radical (unpaired) electrons. The Morgan fingerprint density at radius 2 is 1.91 bits per heavy atom. The van der Waals surface area contributed by atoms with Crippen LogP contribution in [0.25, 0.3) is 11.0 Å². The molecule has 170 valence electrons. The second kappa shape index (κ2) is 8.79. The molecule has 0 spiro atoms. The average molecular weight is 448 g/mol. The van der Waals surface area contributed by atoms with Crippen LogP contribution >= 0.6 is 0 Å². The summed E-state index contributed by atoms with van der Waals surface area (Å²) < 4.78 is 16.5. The van der Waals surface area contributed by atoms with E-state index in [9.17, 15) is 14.4 Å². The van der Waals surface area contributed by atoms with E-state index in [0.717, 1.165) is 57.5 Å². The average Bonchev–Trinajstić information content (AvgIpc) is 3.35. The summed E-state index contributed by atoms with van der Waals surface area (Å²) in [5.74, 6) is -0.173. The van der Waals surface area contributed by atoms with Crippen molar-refractivity contribution in [2.75, 3.05) is 43.4 Å². The fourth-order valence-corrected chi connectivity index (χ4v) is 4.75. The molecular weight excluding hydrogens is 421 g/mol. The van der Waals surface area contributed by atoms with Crippen LogP contribution in [0.1, 0.15) is 37.3 Å². The van der Waals surface area contributed by atoms with Crippen LogP contribution in [-0.4, -0.2) is 52.7 Å². The van der Waals surface area contributed by atoms with Crippen LogP contribution in [0, 0.1) is 17.1 Å². The van der Waals surface area contributed by atoms with Crippen molar-refractivity contribution in [3.63, 3.8) is 0 Å². The molecule has 5 rings (SSSR count). The second-order valence-corrected chi connectivity index (χ2v) is 8.84. The van der Waals surface area contributed by atoms with Crippen LogP contribution in [0.4, 0.5) is 21.7 Å². The van der Waals surface area contributed by atoms with Gasteiger partial charge in [0, 0.05) is 49.5 Å². The normalized spacial score (nSPS) is 17.4. The topological polar surface area (TPSA) is 90.1 Å². The monoisotopic (exact) mass is 447 g/mol. The van der Waals surface area contributed by atoms with E-state index in [1.165, 1.54) is 12.1 Å². The van der Waals surface area contributed by atoms with Gasteiger partial charge in [-0.3, -0.25) is 9.36 Å². The van der Waals surface area contributed by atoms with E-state index in [1.807, 2.05) is 12.1 Å². The first-order valence-corrected chi connectivity index (χ1v) is 11.4. The van der Waals surface area contributed by atoms with E-state index in [0.29, 0.717) is 11.0 Å². The van der Waals surface area contributed by atoms with Crippen molar-refractivity contribution in [2.45, 2.75) is 31.7 Å². The number of likely N-dealkylation sites (N-methyl/N-ethyl adjacent to an activating group) is 1. The number of hydrogen-bond donors (Lipinski definition) is 1. The van der Waals surface area contributed by atoms with Crippen molar-refractivity contribution < 1.29 is 4.39 Å². The number of aromatic nitrogens is 3. The summed E-state index contributed by atoms with van der Waals surface area (Å²) in [5, 5.41) is 13.0. The van der Waals surface area contributed by atoms with E-state index in [2.05, 4.69) is 32.1 Å². The van der Waals surface area contributed by atoms with Gasteiger partial charge in [0.1, 0.15) is 23.1 Å². The van der Waals surface area contributed by atoms with Crippen molar-refractivity contribution in [1.82, 2.24) is 19.4 Å². The van der Waals surface area contributed by atoms with Crippen molar-refractivity contribution in [3.05, 3.63) is 52.2 Å². The number of pyridine rings is 1. The quantitative estimate of drug-likeness (QED) is 0.655. The maximum absolute atomic E-state index is 14.9. The molecule has 0 unspecified atom stereocenters. The Balaban J connectivity index is 1.46. The molecule has 2 aromatic heterocycles. The molecule has 3 heterocycles. The Morgan fingerprint density at radius 3 is 2.61 bits per heavy atom. The van der Waals surface area contributed by atoms with Gasteiger partial charge in [-0.05, 0) is 44.2 Å². The minimum atomic E-state index is -0.386. The highest BCUT2D eigenvalue weighted by Crippen LogP contribution is 2.31. The van der Waals surface area contributed by atoms with Crippen LogP contribution in [0.2, 0.25) is 0 Å². The van der Waals surface area contributed by atoms with Gasteiger partial charge in [0.05, 0.1) is 5.69 Å². The molecule has 2 fully saturated rings. The van der Waals surface area contributed by atoms with Gasteiger partial charge in [-0.25, -0.2) is 9.37 Å². The van der Waals surface area contributed by atoms with Crippen LogP contribution in [0.5, 0.6) is 0 Å². The summed E-state index contributed by atoms with van der Waals surface area (Å²) in [4.78, 5) is 26.2. The smallest absolute Gasteiger partial charge is 0.270 e. The molecule has 33 heavy (non-hydrogen) atoms. The molecule has 9 heteroatoms. The number of nitriles is 1. The maximum Gasteiger partial charge on any atom is 0.270 e. The molecule has 3 aromatic rings. The zero-order valence-electron chi connectivity index (χ0n) is 18.6. The largest absolute Gasteiger partial charge is 0.369 e. The van der Waals surface area contributed by atoms with Gasteiger partial charge in [0.2, 0.25) is 5.95 Å². The minimum absolute atomic E-state index is 0.00987. The Bertz CT molecular complexity index is 1280. The van der Waals surface area contributed by atoms with Crippen LogP contribution in [-0.2, 0) is 0 Å². The Labute approximate surface area is 191 Å². The third-order valence-electron chi connectivity index (χ3n) is 6.65. The summed E-state index contributed by atoms with van der Waals surface area (Å²) in [6, 6.07) is 8.64. The first-order chi connectivity index (χ1) is 16.0. The first-order valence-electron chi connectivity index (χ1n) is 11.4. The molecule has 2 aliphatic rings. The predicted octanol–water partition coefficient (Wildman–Crippen LogP) is 3.41. The van der Waals surface area contributed by atoms with Gasteiger partial charge in [0.15, 0.2) is 0 Å². The summed E-state index contributed by atoms with van der Waals surface area (Å²) in [7, 11) is 2.09. The van der Waals surface area contributed by atoms with Crippen molar-refractivity contribution in [2.24, 2.45) is 0 Å². The van der Waals surface area contributed by atoms with Gasteiger partial charge < -0.3 is 15.1 Å². The van der Waals surface area contributed by atoms with Gasteiger partial charge in [-0.15, -0.1) is 0 Å². The molecule has 1 N–H and O–H groups in total. The lowest BCUT2D eigenvalue weighted by atomic mass is 10.2. The van der Waals surface area contributed by atoms with E-state index >= 15 is 0 Å². The Kier molecular flexibility index (Phi) is 5.68. The van der Waals surface area contributed by atoms with E-state index in [-0.39, 0.29) is 34.6 Å². The number of nitrogens with zero attached hydrogens (tertiary/aromatic N) is 6. The third kappa shape index (κ3) is 4.14. The molecule has 8 nitrogen and oxygen atoms in total. The molecule has 0 bridgehead atoms. The van der Waals surface area contributed by atoms with Gasteiger partial charge >= 0.3 is 0 Å². The Hall–Kier alpha value is -3.51. The molecule has 1 saturated carbocycles. The highest BCUT2D eigenvalue weighted by Gasteiger charge is 2.23. The molecular formula is C24H26FN7O. The molecule has 1 aliphatic carbocycles. The predicted molar refractivity (Wildman–Crippen MR) is 125 cm³/mol. The zero-order chi connectivity index (χ0) is 22.9. The number of rotatable bonds is 4. The SMILES string of the molecule is CN1CCN(c2ccc(Nc3ncc4cc(C#N)c(=O)n(C5CCCC5)c4n3)c(F)c2)CC1. The second-order valence-electron chi connectivity index (χ2n) is 8.84. The Morgan fingerprint density at radius 1 is 1.15 bits per heavy atom. The summed E-state index contributed by atoms with van der Waals surface area (Å²) in [5.41, 5.74) is 1.35. The minimum Gasteiger partial charge on any atom is -0.369 e. The number of fused-ring (bicyclic) bond motifs is 1. The number of benzene rings is 1. The highest BCUT2D eigenvalue weighted by molar-refractivity contribution is 5.77. The number of nitrogens with one attached hydrogen (secondary N) is 1. The fourth-order valence-electron chi connectivity index (χ4n) is 4.75. The maximum atomic E-state index is 14.9. The first kappa shape index (κ1) is 21.3. The lowest BCUT2D eigenvalue weighted by Gasteiger charge is -2.34. The molecule has 1 aromatic carbocycles. The summed E-state index contributed by atoms with van der Waals surface area (Å²) in [6.45, 7) is 3.62. The number of halogens is 1. The van der Waals surface area contributed by atoms with Crippen molar-refractivity contribution >= 4 is 28.4 Å². The summed E-state index contributed by atoms with van der Waals surface area (Å²) in [6.07, 6.45) is 5.40. The van der Waals surface area contributed by atoms with Crippen LogP contribution in [0.3, 0.4) is 0 Å². The van der Waals surface area contributed by atoms with Gasteiger partial charge in [-0.1, -0.05) is 12.8 Å². The lowest BCUT2D eigenvalue weighted by molar-refractivity contribution is 0.313. The highest BCUT2D eigenvalue weighted by atomic mass is 19.1. The summed E-state index contributed by atoms with van der Waals surface area (Å²) >= 11 is 0. The van der Waals surface area contributed by atoms with E-state index < -0.39 is 0 Å². The molecule has 1 aliphatic heterocycles. The standard InChI is InChI=1S/C24H26FN7O/c1-30-8-10-31(11-9-30)19-6-7-21(20(25)13-19)28-24-27-15-17-12-16(14-26)23(33)32(22(17)29-24)18-4-2-3-5-18/h6-7,12-13,15,18H,2-5,8-11H2,1H3,(H,27,28,29). The number of piperazine rings is 1. The van der Waals surface area contributed by atoms with Gasteiger partial charge in [-0.2, -0.15) is 10.2 Å². The van der Waals surface area contributed by atoms with Crippen molar-refractivity contribution in [1.29, 1.82) is 5.26 Å². The number of anilines is 3. The third-order valence-corrected chi connectivity index (χ3v) is 6.65. The fraction of sp³-hybridized carbons (Fsp3) is 0.417. The molecule has 0 atom stereocenters. The molecule has 0 amide bonds. The lowest BCUT2D eigenvalue weighted by Crippen LogP contribution is -2.44. The molecule has 1 saturated heterocycles. The van der Waals surface area contributed by atoms with Crippen molar-refractivity contribution in [3.8, 4) is 6.07 Å². The van der Waals surface area contributed by atoms with Crippen LogP contribution < -0.4 is 15.8 Å². The van der Waals surface area contributed by atoms with E-state index in [4.69, 9.17) is 0 Å². The zero-order valence-corrected chi connectivity index (χ0v) is 18.6.